The molecule has 2 heterocycles. The second kappa shape index (κ2) is 13.3. The fraction of sp³-hybridized carbons (Fsp3) is 0.625. The lowest BCUT2D eigenvalue weighted by molar-refractivity contribution is -0.142. The van der Waals surface area contributed by atoms with Crippen molar-refractivity contribution < 1.29 is 19.1 Å². The third-order valence-electron chi connectivity index (χ3n) is 5.18. The summed E-state index contributed by atoms with van der Waals surface area (Å²) in [6, 6.07) is 0. The van der Waals surface area contributed by atoms with Crippen LogP contribution in [0.5, 0.6) is 0 Å². The van der Waals surface area contributed by atoms with Crippen LogP contribution in [0, 0.1) is 0 Å². The summed E-state index contributed by atoms with van der Waals surface area (Å²) in [6.07, 6.45) is 23.4. The van der Waals surface area contributed by atoms with Crippen molar-refractivity contribution in [2.75, 3.05) is 0 Å². The molecule has 0 bridgehead atoms. The van der Waals surface area contributed by atoms with Crippen molar-refractivity contribution in [3.63, 3.8) is 0 Å². The zero-order chi connectivity index (χ0) is 20.0. The van der Waals surface area contributed by atoms with E-state index < -0.39 is 5.97 Å². The third-order valence-corrected chi connectivity index (χ3v) is 5.18. The molecule has 154 valence electrons. The molecule has 28 heavy (non-hydrogen) atoms. The quantitative estimate of drug-likeness (QED) is 0.140. The predicted molar refractivity (Wildman–Crippen MR) is 112 cm³/mol. The Labute approximate surface area is 169 Å². The van der Waals surface area contributed by atoms with E-state index >= 15 is 0 Å². The Hall–Kier alpha value is -1.90. The van der Waals surface area contributed by atoms with Crippen LogP contribution in [-0.2, 0) is 19.1 Å². The van der Waals surface area contributed by atoms with Gasteiger partial charge < -0.3 is 9.47 Å². The highest BCUT2D eigenvalue weighted by molar-refractivity contribution is 5.96. The average molecular weight is 387 g/mol. The van der Waals surface area contributed by atoms with Crippen LogP contribution in [0.25, 0.3) is 0 Å². The van der Waals surface area contributed by atoms with Gasteiger partial charge in [0.2, 0.25) is 0 Å². The molecule has 2 aliphatic rings. The predicted octanol–water partition coefficient (Wildman–Crippen LogP) is 5.42. The number of rotatable bonds is 8. The number of esters is 1. The van der Waals surface area contributed by atoms with Crippen molar-refractivity contribution in [1.82, 2.24) is 0 Å². The molecular weight excluding hydrogens is 352 g/mol. The normalized spacial score (nSPS) is 27.8. The third kappa shape index (κ3) is 8.86. The number of hydrogen-bond donors (Lipinski definition) is 0. The minimum Gasteiger partial charge on any atom is -0.454 e. The number of unbranched alkanes of at least 4 members (excludes halogenated alkanes) is 1. The van der Waals surface area contributed by atoms with Gasteiger partial charge in [0.1, 0.15) is 17.6 Å². The van der Waals surface area contributed by atoms with Gasteiger partial charge in [-0.05, 0) is 51.0 Å². The van der Waals surface area contributed by atoms with E-state index in [1.165, 1.54) is 19.3 Å². The first-order valence-electron chi connectivity index (χ1n) is 10.8. The summed E-state index contributed by atoms with van der Waals surface area (Å²) in [5.74, 6) is 1.23. The molecule has 0 radical (unpaired) electrons. The van der Waals surface area contributed by atoms with Gasteiger partial charge in [0.15, 0.2) is 0 Å². The maximum Gasteiger partial charge on any atom is 0.345 e. The van der Waals surface area contributed by atoms with Crippen LogP contribution in [0.3, 0.4) is 0 Å². The second-order valence-corrected chi connectivity index (χ2v) is 7.58. The molecule has 3 atom stereocenters. The van der Waals surface area contributed by atoms with Crippen molar-refractivity contribution in [3.8, 4) is 0 Å². The van der Waals surface area contributed by atoms with Gasteiger partial charge in [-0.3, -0.25) is 0 Å². The van der Waals surface area contributed by atoms with Gasteiger partial charge in [-0.2, -0.15) is 0 Å². The minimum atomic E-state index is -0.536. The van der Waals surface area contributed by atoms with Crippen molar-refractivity contribution in [1.29, 1.82) is 0 Å². The van der Waals surface area contributed by atoms with E-state index in [0.29, 0.717) is 25.0 Å². The van der Waals surface area contributed by atoms with E-state index in [2.05, 4.69) is 25.2 Å². The van der Waals surface area contributed by atoms with Crippen LogP contribution in [-0.4, -0.2) is 30.2 Å². The first-order valence-corrected chi connectivity index (χ1v) is 10.8. The number of ether oxygens (including phenoxy) is 2. The number of cyclic esters (lactones) is 1. The largest absolute Gasteiger partial charge is 0.454 e. The highest BCUT2D eigenvalue weighted by atomic mass is 16.6. The summed E-state index contributed by atoms with van der Waals surface area (Å²) >= 11 is 0. The van der Waals surface area contributed by atoms with Gasteiger partial charge >= 0.3 is 5.97 Å². The first kappa shape index (κ1) is 22.4. The first-order chi connectivity index (χ1) is 13.7. The molecule has 0 saturated carbocycles. The second-order valence-electron chi connectivity index (χ2n) is 7.58. The monoisotopic (exact) mass is 386 g/mol. The lowest BCUT2D eigenvalue weighted by Crippen LogP contribution is -2.17. The zero-order valence-electron chi connectivity index (χ0n) is 17.1. The van der Waals surface area contributed by atoms with Crippen molar-refractivity contribution in [2.24, 2.45) is 0 Å². The van der Waals surface area contributed by atoms with E-state index in [1.807, 2.05) is 18.2 Å². The van der Waals surface area contributed by atoms with E-state index in [0.717, 1.165) is 38.5 Å². The van der Waals surface area contributed by atoms with Crippen LogP contribution in [0.15, 0.2) is 42.0 Å². The summed E-state index contributed by atoms with van der Waals surface area (Å²) in [5.41, 5.74) is 0.126. The van der Waals surface area contributed by atoms with E-state index in [-0.39, 0.29) is 11.7 Å². The molecule has 0 amide bonds. The zero-order valence-corrected chi connectivity index (χ0v) is 17.1. The Morgan fingerprint density at radius 2 is 2.00 bits per heavy atom. The molecule has 0 aromatic rings. The lowest BCUT2D eigenvalue weighted by Gasteiger charge is -2.13. The maximum absolute atomic E-state index is 12.2. The van der Waals surface area contributed by atoms with Gasteiger partial charge in [0, 0.05) is 6.42 Å². The Morgan fingerprint density at radius 1 is 1.14 bits per heavy atom. The summed E-state index contributed by atoms with van der Waals surface area (Å²) in [7, 11) is 0. The Balaban J connectivity index is 1.77. The number of hydrogen-bond acceptors (Lipinski definition) is 4. The van der Waals surface area contributed by atoms with Crippen molar-refractivity contribution >= 4 is 11.9 Å². The molecule has 0 aromatic carbocycles. The van der Waals surface area contributed by atoms with Crippen LogP contribution in [0.4, 0.5) is 0 Å². The van der Waals surface area contributed by atoms with Crippen LogP contribution < -0.4 is 0 Å². The molecule has 4 heteroatoms. The molecule has 2 rings (SSSR count). The van der Waals surface area contributed by atoms with Crippen LogP contribution >= 0.6 is 0 Å². The molecule has 4 nitrogen and oxygen atoms in total. The fourth-order valence-electron chi connectivity index (χ4n) is 3.37. The lowest BCUT2D eigenvalue weighted by atomic mass is 10.1. The van der Waals surface area contributed by atoms with Crippen LogP contribution in [0.1, 0.15) is 77.6 Å². The molecular formula is C24H34O4. The molecule has 0 aliphatic carbocycles. The fourth-order valence-corrected chi connectivity index (χ4v) is 3.37. The molecule has 0 aromatic heterocycles. The Kier molecular flexibility index (Phi) is 10.6. The van der Waals surface area contributed by atoms with Crippen molar-refractivity contribution in [2.45, 2.75) is 95.9 Å². The van der Waals surface area contributed by atoms with E-state index in [9.17, 15) is 9.59 Å². The van der Waals surface area contributed by atoms with Gasteiger partial charge in [0.05, 0.1) is 12.2 Å². The number of epoxide rings is 1. The topological polar surface area (TPSA) is 55.9 Å². The van der Waals surface area contributed by atoms with Crippen molar-refractivity contribution in [3.05, 3.63) is 42.0 Å². The Morgan fingerprint density at radius 3 is 2.82 bits per heavy atom. The minimum absolute atomic E-state index is 0.126. The van der Waals surface area contributed by atoms with Gasteiger partial charge in [0.25, 0.3) is 0 Å². The summed E-state index contributed by atoms with van der Waals surface area (Å²) in [4.78, 5) is 23.2. The summed E-state index contributed by atoms with van der Waals surface area (Å²) in [5, 5.41) is 0. The smallest absolute Gasteiger partial charge is 0.345 e. The van der Waals surface area contributed by atoms with E-state index in [1.54, 1.807) is 5.94 Å². The van der Waals surface area contributed by atoms with Crippen LogP contribution in [0.2, 0.25) is 0 Å². The molecule has 3 unspecified atom stereocenters. The molecule has 1 saturated heterocycles. The molecule has 0 spiro atoms. The summed E-state index contributed by atoms with van der Waals surface area (Å²) in [6.45, 7) is 2.21. The molecule has 1 fully saturated rings. The standard InChI is InChI=1S/C24H34O4/c1-2-3-17-22-23(28-22)18-13-9-8-12-16-21-15-11-7-5-4-6-10-14-20(19-25)24(26)27-21/h7-9,11-12,16,21-23H,2-6,10,13-15,17-18H2,1H3/b9-8?,11-7-,16-12?. The van der Waals surface area contributed by atoms with Gasteiger partial charge in [-0.25, -0.2) is 9.59 Å². The highest BCUT2D eigenvalue weighted by Crippen LogP contribution is 2.30. The number of allylic oxidation sites excluding steroid dienone is 4. The molecule has 2 aliphatic heterocycles. The Bertz CT molecular complexity index is 610. The number of carbonyl (C=O) groups is 1. The molecule has 0 N–H and O–H groups in total. The van der Waals surface area contributed by atoms with E-state index in [4.69, 9.17) is 9.47 Å². The number of carbonyl (C=O) groups excluding carboxylic acids is 2. The van der Waals surface area contributed by atoms with Gasteiger partial charge in [-0.1, -0.05) is 56.6 Å². The SMILES string of the molecule is CCCCC1OC1CCC=CC=CC1C/C=C\CCCCCC(=C=O)C(=O)O1. The average Bonchev–Trinajstić information content (AvgIpc) is 3.44. The highest BCUT2D eigenvalue weighted by Gasteiger charge is 2.36. The summed E-state index contributed by atoms with van der Waals surface area (Å²) < 4.78 is 11.2. The van der Waals surface area contributed by atoms with Gasteiger partial charge in [-0.15, -0.1) is 0 Å². The maximum atomic E-state index is 12.2.